The van der Waals surface area contributed by atoms with Crippen molar-refractivity contribution < 1.29 is 19.1 Å². The van der Waals surface area contributed by atoms with Crippen LogP contribution in [-0.2, 0) is 20.9 Å². The molecule has 0 aliphatic carbocycles. The summed E-state index contributed by atoms with van der Waals surface area (Å²) in [5.74, 6) is -0.434. The number of nitriles is 1. The second kappa shape index (κ2) is 12.4. The Balaban J connectivity index is 1.56. The van der Waals surface area contributed by atoms with Crippen LogP contribution in [0.2, 0.25) is 0 Å². The fourth-order valence-electron chi connectivity index (χ4n) is 3.43. The first-order chi connectivity index (χ1) is 16.4. The van der Waals surface area contributed by atoms with E-state index in [2.05, 4.69) is 10.6 Å². The minimum absolute atomic E-state index is 0.0226. The van der Waals surface area contributed by atoms with Crippen molar-refractivity contribution in [3.63, 3.8) is 0 Å². The Morgan fingerprint density at radius 3 is 2.38 bits per heavy atom. The number of carbonyl (C=O) groups excluding carboxylic acids is 2. The Bertz CT molecular complexity index is 1140. The predicted molar refractivity (Wildman–Crippen MR) is 131 cm³/mol. The molecule has 0 fully saturated rings. The summed E-state index contributed by atoms with van der Waals surface area (Å²) in [4.78, 5) is 25.3. The fourth-order valence-corrected chi connectivity index (χ4v) is 3.43. The maximum absolute atomic E-state index is 12.8. The van der Waals surface area contributed by atoms with Crippen molar-refractivity contribution in [3.05, 3.63) is 78.4 Å². The predicted octanol–water partition coefficient (Wildman–Crippen LogP) is 5.03. The first kappa shape index (κ1) is 24.7. The number of hydrogen-bond acceptors (Lipinski definition) is 5. The van der Waals surface area contributed by atoms with Crippen molar-refractivity contribution >= 4 is 28.5 Å². The lowest BCUT2D eigenvalue weighted by atomic mass is 10.1. The van der Waals surface area contributed by atoms with Crippen LogP contribution >= 0.6 is 0 Å². The molecule has 0 radical (unpaired) electrons. The quantitative estimate of drug-likeness (QED) is 0.443. The van der Waals surface area contributed by atoms with Gasteiger partial charge in [-0.05, 0) is 40.8 Å². The molecule has 2 amide bonds. The molecule has 7 nitrogen and oxygen atoms in total. The molecular formula is C27H29N3O4. The van der Waals surface area contributed by atoms with Gasteiger partial charge in [-0.25, -0.2) is 4.79 Å². The molecule has 0 saturated heterocycles. The maximum atomic E-state index is 12.8. The third-order valence-corrected chi connectivity index (χ3v) is 5.09. The number of nitrogens with zero attached hydrogens (tertiary/aromatic N) is 1. The van der Waals surface area contributed by atoms with Crippen LogP contribution in [0.3, 0.4) is 0 Å². The van der Waals surface area contributed by atoms with E-state index in [1.807, 2.05) is 86.6 Å². The maximum Gasteiger partial charge on any atom is 0.412 e. The standard InChI is InChI=1S/C27H29N3O4/c1-19(2)14-25(26(31)29-24(16-28)18-33-17-20-8-4-3-5-9-20)34-27(32)30-23-13-12-21-10-6-7-11-22(21)15-23/h3-13,15,19,24-25H,14,17-18H2,1-2H3,(H,29,31)(H,30,32). The summed E-state index contributed by atoms with van der Waals surface area (Å²) in [5, 5.41) is 16.8. The van der Waals surface area contributed by atoms with Crippen LogP contribution in [0.4, 0.5) is 10.5 Å². The number of ether oxygens (including phenoxy) is 2. The first-order valence-corrected chi connectivity index (χ1v) is 11.2. The molecule has 176 valence electrons. The number of hydrogen-bond donors (Lipinski definition) is 2. The molecule has 0 saturated carbocycles. The Morgan fingerprint density at radius 1 is 0.971 bits per heavy atom. The van der Waals surface area contributed by atoms with Crippen molar-refractivity contribution in [2.75, 3.05) is 11.9 Å². The van der Waals surface area contributed by atoms with E-state index in [9.17, 15) is 14.9 Å². The van der Waals surface area contributed by atoms with E-state index < -0.39 is 24.1 Å². The SMILES string of the molecule is CC(C)CC(OC(=O)Nc1ccc2ccccc2c1)C(=O)NC(C#N)COCc1ccccc1. The van der Waals surface area contributed by atoms with Gasteiger partial charge in [0.15, 0.2) is 6.10 Å². The minimum Gasteiger partial charge on any atom is -0.436 e. The van der Waals surface area contributed by atoms with Crippen molar-refractivity contribution in [2.45, 2.75) is 39.0 Å². The zero-order valence-corrected chi connectivity index (χ0v) is 19.4. The number of amides is 2. The van der Waals surface area contributed by atoms with E-state index in [0.717, 1.165) is 16.3 Å². The normalized spacial score (nSPS) is 12.5. The molecule has 2 unspecified atom stereocenters. The third kappa shape index (κ3) is 7.61. The van der Waals surface area contributed by atoms with Gasteiger partial charge in [0, 0.05) is 5.69 Å². The zero-order valence-electron chi connectivity index (χ0n) is 19.4. The number of carbonyl (C=O) groups is 2. The van der Waals surface area contributed by atoms with Crippen LogP contribution in [0.25, 0.3) is 10.8 Å². The highest BCUT2D eigenvalue weighted by atomic mass is 16.6. The molecule has 0 aliphatic heterocycles. The molecule has 3 aromatic carbocycles. The van der Waals surface area contributed by atoms with Gasteiger partial charge >= 0.3 is 6.09 Å². The summed E-state index contributed by atoms with van der Waals surface area (Å²) in [7, 11) is 0. The summed E-state index contributed by atoms with van der Waals surface area (Å²) in [6.45, 7) is 4.20. The van der Waals surface area contributed by atoms with Crippen LogP contribution < -0.4 is 10.6 Å². The van der Waals surface area contributed by atoms with Crippen LogP contribution in [0, 0.1) is 17.2 Å². The summed E-state index contributed by atoms with van der Waals surface area (Å²) in [5.41, 5.74) is 1.54. The molecule has 0 spiro atoms. The number of anilines is 1. The molecule has 0 aliphatic rings. The van der Waals surface area contributed by atoms with Crippen LogP contribution in [0.5, 0.6) is 0 Å². The molecule has 0 aromatic heterocycles. The van der Waals surface area contributed by atoms with Crippen LogP contribution in [0.1, 0.15) is 25.8 Å². The zero-order chi connectivity index (χ0) is 24.3. The second-order valence-electron chi connectivity index (χ2n) is 8.40. The van der Waals surface area contributed by atoms with E-state index >= 15 is 0 Å². The Hall–Kier alpha value is -3.89. The summed E-state index contributed by atoms with van der Waals surface area (Å²) < 4.78 is 11.0. The highest BCUT2D eigenvalue weighted by Crippen LogP contribution is 2.19. The van der Waals surface area contributed by atoms with Crippen LogP contribution in [-0.4, -0.2) is 30.8 Å². The van der Waals surface area contributed by atoms with Crippen molar-refractivity contribution in [1.82, 2.24) is 5.32 Å². The van der Waals surface area contributed by atoms with E-state index in [1.165, 1.54) is 0 Å². The van der Waals surface area contributed by atoms with Gasteiger partial charge in [-0.1, -0.05) is 74.5 Å². The molecular weight excluding hydrogens is 430 g/mol. The van der Waals surface area contributed by atoms with Gasteiger partial charge in [0.25, 0.3) is 5.91 Å². The number of benzene rings is 3. The Labute approximate surface area is 199 Å². The first-order valence-electron chi connectivity index (χ1n) is 11.2. The fraction of sp³-hybridized carbons (Fsp3) is 0.296. The lowest BCUT2D eigenvalue weighted by Gasteiger charge is -2.21. The molecule has 0 bridgehead atoms. The van der Waals surface area contributed by atoms with Gasteiger partial charge in [-0.15, -0.1) is 0 Å². The van der Waals surface area contributed by atoms with E-state index in [4.69, 9.17) is 9.47 Å². The van der Waals surface area contributed by atoms with E-state index in [0.29, 0.717) is 18.7 Å². The highest BCUT2D eigenvalue weighted by molar-refractivity contribution is 5.92. The van der Waals surface area contributed by atoms with Gasteiger partial charge < -0.3 is 14.8 Å². The smallest absolute Gasteiger partial charge is 0.412 e. The average Bonchev–Trinajstić information content (AvgIpc) is 2.83. The number of nitrogens with one attached hydrogen (secondary N) is 2. The van der Waals surface area contributed by atoms with Crippen LogP contribution in [0.15, 0.2) is 72.8 Å². The van der Waals surface area contributed by atoms with Gasteiger partial charge in [-0.3, -0.25) is 10.1 Å². The summed E-state index contributed by atoms with van der Waals surface area (Å²) in [6, 6.07) is 24.0. The van der Waals surface area contributed by atoms with E-state index in [-0.39, 0.29) is 12.5 Å². The second-order valence-corrected chi connectivity index (χ2v) is 8.40. The summed E-state index contributed by atoms with van der Waals surface area (Å²) in [6.07, 6.45) is -1.45. The molecule has 2 atom stereocenters. The minimum atomic E-state index is -1.04. The van der Waals surface area contributed by atoms with Crippen molar-refractivity contribution in [1.29, 1.82) is 5.26 Å². The lowest BCUT2D eigenvalue weighted by Crippen LogP contribution is -2.45. The Morgan fingerprint density at radius 2 is 1.68 bits per heavy atom. The molecule has 3 rings (SSSR count). The highest BCUT2D eigenvalue weighted by Gasteiger charge is 2.26. The molecule has 2 N–H and O–H groups in total. The van der Waals surface area contributed by atoms with Crippen molar-refractivity contribution in [3.8, 4) is 6.07 Å². The molecule has 34 heavy (non-hydrogen) atoms. The van der Waals surface area contributed by atoms with Gasteiger partial charge in [0.1, 0.15) is 6.04 Å². The topological polar surface area (TPSA) is 100 Å². The molecule has 3 aromatic rings. The molecule has 7 heteroatoms. The average molecular weight is 460 g/mol. The summed E-state index contributed by atoms with van der Waals surface area (Å²) >= 11 is 0. The van der Waals surface area contributed by atoms with Crippen molar-refractivity contribution in [2.24, 2.45) is 5.92 Å². The number of fused-ring (bicyclic) bond motifs is 1. The largest absolute Gasteiger partial charge is 0.436 e. The lowest BCUT2D eigenvalue weighted by molar-refractivity contribution is -0.130. The van der Waals surface area contributed by atoms with Gasteiger partial charge in [-0.2, -0.15) is 5.26 Å². The van der Waals surface area contributed by atoms with Gasteiger partial charge in [0.05, 0.1) is 19.3 Å². The Kier molecular flexibility index (Phi) is 9.01. The molecule has 0 heterocycles. The van der Waals surface area contributed by atoms with E-state index in [1.54, 1.807) is 6.07 Å². The van der Waals surface area contributed by atoms with Gasteiger partial charge in [0.2, 0.25) is 0 Å². The third-order valence-electron chi connectivity index (χ3n) is 5.09. The monoisotopic (exact) mass is 459 g/mol. The number of rotatable bonds is 10.